The zero-order chi connectivity index (χ0) is 14.5. The van der Waals surface area contributed by atoms with Crippen LogP contribution in [-0.2, 0) is 0 Å². The molecule has 0 spiro atoms. The van der Waals surface area contributed by atoms with E-state index in [-0.39, 0.29) is 5.91 Å². The molecule has 0 unspecified atom stereocenters. The smallest absolute Gasteiger partial charge is 0.252 e. The van der Waals surface area contributed by atoms with Gasteiger partial charge in [0.25, 0.3) is 5.91 Å². The molecule has 0 atom stereocenters. The standard InChI is InChI=1S/C15H20BrClN2O/c1-2-19-8-6-11(7-9-19)10-18-15(20)12-4-3-5-13(16)14(12)17/h3-5,11H,2,6-10H2,1H3,(H,18,20). The van der Waals surface area contributed by atoms with Crippen LogP contribution in [0.1, 0.15) is 30.1 Å². The number of likely N-dealkylation sites (tertiary alicyclic amines) is 1. The van der Waals surface area contributed by atoms with Gasteiger partial charge in [0, 0.05) is 11.0 Å². The summed E-state index contributed by atoms with van der Waals surface area (Å²) in [5, 5.41) is 3.48. The van der Waals surface area contributed by atoms with Crippen molar-refractivity contribution in [2.24, 2.45) is 5.92 Å². The highest BCUT2D eigenvalue weighted by atomic mass is 79.9. The number of benzene rings is 1. The molecule has 0 bridgehead atoms. The predicted molar refractivity (Wildman–Crippen MR) is 86.3 cm³/mol. The number of nitrogens with zero attached hydrogens (tertiary/aromatic N) is 1. The highest BCUT2D eigenvalue weighted by molar-refractivity contribution is 9.10. The molecule has 1 fully saturated rings. The van der Waals surface area contributed by atoms with Crippen LogP contribution in [0.15, 0.2) is 22.7 Å². The number of hydrogen-bond donors (Lipinski definition) is 1. The predicted octanol–water partition coefficient (Wildman–Crippen LogP) is 3.56. The van der Waals surface area contributed by atoms with E-state index in [2.05, 4.69) is 33.1 Å². The number of carbonyl (C=O) groups is 1. The largest absolute Gasteiger partial charge is 0.352 e. The first-order valence-electron chi connectivity index (χ1n) is 7.06. The van der Waals surface area contributed by atoms with Crippen molar-refractivity contribution in [1.29, 1.82) is 0 Å². The van der Waals surface area contributed by atoms with Gasteiger partial charge in [0.1, 0.15) is 0 Å². The van der Waals surface area contributed by atoms with Crippen molar-refractivity contribution in [2.45, 2.75) is 19.8 Å². The molecule has 110 valence electrons. The summed E-state index contributed by atoms with van der Waals surface area (Å²) in [7, 11) is 0. The molecule has 1 N–H and O–H groups in total. The zero-order valence-electron chi connectivity index (χ0n) is 11.7. The number of hydrogen-bond acceptors (Lipinski definition) is 2. The maximum Gasteiger partial charge on any atom is 0.252 e. The Hall–Kier alpha value is -0.580. The third-order valence-corrected chi connectivity index (χ3v) is 5.20. The summed E-state index contributed by atoms with van der Waals surface area (Å²) >= 11 is 9.47. The monoisotopic (exact) mass is 358 g/mol. The summed E-state index contributed by atoms with van der Waals surface area (Å²) in [6.07, 6.45) is 2.31. The van der Waals surface area contributed by atoms with Crippen LogP contribution in [0.3, 0.4) is 0 Å². The van der Waals surface area contributed by atoms with E-state index in [0.29, 0.717) is 16.5 Å². The van der Waals surface area contributed by atoms with Crippen LogP contribution in [-0.4, -0.2) is 37.0 Å². The van der Waals surface area contributed by atoms with Crippen LogP contribution < -0.4 is 5.32 Å². The fraction of sp³-hybridized carbons (Fsp3) is 0.533. The van der Waals surface area contributed by atoms with E-state index in [1.54, 1.807) is 6.07 Å². The summed E-state index contributed by atoms with van der Waals surface area (Å²) < 4.78 is 0.753. The highest BCUT2D eigenvalue weighted by Gasteiger charge is 2.19. The quantitative estimate of drug-likeness (QED) is 0.891. The minimum absolute atomic E-state index is 0.0887. The third kappa shape index (κ3) is 3.96. The van der Waals surface area contributed by atoms with Gasteiger partial charge in [-0.05, 0) is 66.5 Å². The first-order chi connectivity index (χ1) is 9.61. The summed E-state index contributed by atoms with van der Waals surface area (Å²) in [4.78, 5) is 14.6. The summed E-state index contributed by atoms with van der Waals surface area (Å²) in [5.41, 5.74) is 0.534. The molecular weight excluding hydrogens is 340 g/mol. The van der Waals surface area contributed by atoms with Crippen LogP contribution >= 0.6 is 27.5 Å². The molecule has 3 nitrogen and oxygen atoms in total. The molecule has 1 aromatic carbocycles. The van der Waals surface area contributed by atoms with E-state index < -0.39 is 0 Å². The molecule has 1 aromatic rings. The lowest BCUT2D eigenvalue weighted by Crippen LogP contribution is -2.38. The van der Waals surface area contributed by atoms with Gasteiger partial charge in [0.05, 0.1) is 10.6 Å². The maximum atomic E-state index is 12.2. The number of rotatable bonds is 4. The zero-order valence-corrected chi connectivity index (χ0v) is 14.0. The number of amides is 1. The van der Waals surface area contributed by atoms with Gasteiger partial charge < -0.3 is 10.2 Å². The van der Waals surface area contributed by atoms with E-state index >= 15 is 0 Å². The molecule has 1 heterocycles. The van der Waals surface area contributed by atoms with E-state index in [4.69, 9.17) is 11.6 Å². The first-order valence-corrected chi connectivity index (χ1v) is 8.23. The second-order valence-electron chi connectivity index (χ2n) is 5.19. The summed E-state index contributed by atoms with van der Waals surface area (Å²) in [6.45, 7) is 6.31. The van der Waals surface area contributed by atoms with E-state index in [1.807, 2.05) is 12.1 Å². The minimum Gasteiger partial charge on any atom is -0.352 e. The molecule has 1 saturated heterocycles. The number of carbonyl (C=O) groups excluding carboxylic acids is 1. The Morgan fingerprint density at radius 1 is 1.45 bits per heavy atom. The Morgan fingerprint density at radius 2 is 2.15 bits per heavy atom. The van der Waals surface area contributed by atoms with Crippen LogP contribution in [0.2, 0.25) is 5.02 Å². The van der Waals surface area contributed by atoms with Gasteiger partial charge in [-0.15, -0.1) is 0 Å². The molecule has 5 heteroatoms. The van der Waals surface area contributed by atoms with Crippen LogP contribution in [0.5, 0.6) is 0 Å². The van der Waals surface area contributed by atoms with Gasteiger partial charge in [-0.25, -0.2) is 0 Å². The first kappa shape index (κ1) is 15.8. The second-order valence-corrected chi connectivity index (χ2v) is 6.42. The lowest BCUT2D eigenvalue weighted by molar-refractivity contribution is 0.0937. The van der Waals surface area contributed by atoms with Crippen LogP contribution in [0.25, 0.3) is 0 Å². The molecule has 1 aliphatic rings. The normalized spacial score (nSPS) is 17.1. The molecule has 1 aliphatic heterocycles. The molecular formula is C15H20BrClN2O. The van der Waals surface area contributed by atoms with Gasteiger partial charge in [0.2, 0.25) is 0 Å². The summed E-state index contributed by atoms with van der Waals surface area (Å²) in [6, 6.07) is 5.41. The molecule has 2 rings (SSSR count). The maximum absolute atomic E-state index is 12.2. The van der Waals surface area contributed by atoms with Gasteiger partial charge in [-0.3, -0.25) is 4.79 Å². The summed E-state index contributed by atoms with van der Waals surface area (Å²) in [5.74, 6) is 0.488. The Bertz CT molecular complexity index is 473. The van der Waals surface area contributed by atoms with Crippen molar-refractivity contribution in [3.63, 3.8) is 0 Å². The number of halogens is 2. The fourth-order valence-electron chi connectivity index (χ4n) is 2.52. The molecule has 0 radical (unpaired) electrons. The topological polar surface area (TPSA) is 32.3 Å². The highest BCUT2D eigenvalue weighted by Crippen LogP contribution is 2.26. The number of piperidine rings is 1. The van der Waals surface area contributed by atoms with E-state index in [1.165, 1.54) is 0 Å². The third-order valence-electron chi connectivity index (χ3n) is 3.90. The Balaban J connectivity index is 1.85. The molecule has 0 saturated carbocycles. The van der Waals surface area contributed by atoms with Crippen molar-refractivity contribution < 1.29 is 4.79 Å². The van der Waals surface area contributed by atoms with Crippen molar-refractivity contribution in [2.75, 3.05) is 26.2 Å². The van der Waals surface area contributed by atoms with Gasteiger partial charge in [0.15, 0.2) is 0 Å². The van der Waals surface area contributed by atoms with E-state index in [9.17, 15) is 4.79 Å². The minimum atomic E-state index is -0.0887. The fourth-order valence-corrected chi connectivity index (χ4v) is 3.10. The Labute approximate surface area is 133 Å². The van der Waals surface area contributed by atoms with Crippen molar-refractivity contribution in [3.05, 3.63) is 33.3 Å². The molecule has 20 heavy (non-hydrogen) atoms. The van der Waals surface area contributed by atoms with Crippen molar-refractivity contribution in [3.8, 4) is 0 Å². The lowest BCUT2D eigenvalue weighted by atomic mass is 9.97. The van der Waals surface area contributed by atoms with Crippen molar-refractivity contribution >= 4 is 33.4 Å². The average Bonchev–Trinajstić information content (AvgIpc) is 2.48. The van der Waals surface area contributed by atoms with Crippen LogP contribution in [0.4, 0.5) is 0 Å². The number of nitrogens with one attached hydrogen (secondary N) is 1. The molecule has 0 aliphatic carbocycles. The second kappa shape index (κ2) is 7.43. The SMILES string of the molecule is CCN1CCC(CNC(=O)c2cccc(Br)c2Cl)CC1. The lowest BCUT2D eigenvalue weighted by Gasteiger charge is -2.31. The molecule has 1 amide bonds. The van der Waals surface area contributed by atoms with Gasteiger partial charge >= 0.3 is 0 Å². The van der Waals surface area contributed by atoms with Gasteiger partial charge in [-0.1, -0.05) is 24.6 Å². The van der Waals surface area contributed by atoms with Gasteiger partial charge in [-0.2, -0.15) is 0 Å². The van der Waals surface area contributed by atoms with Crippen LogP contribution in [0, 0.1) is 5.92 Å². The average molecular weight is 360 g/mol. The molecule has 0 aromatic heterocycles. The van der Waals surface area contributed by atoms with E-state index in [0.717, 1.165) is 43.5 Å². The van der Waals surface area contributed by atoms with Crippen molar-refractivity contribution in [1.82, 2.24) is 10.2 Å². The Kier molecular flexibility index (Phi) is 5.87. The Morgan fingerprint density at radius 3 is 2.80 bits per heavy atom.